The summed E-state index contributed by atoms with van der Waals surface area (Å²) in [5.41, 5.74) is 5.78. The summed E-state index contributed by atoms with van der Waals surface area (Å²) in [6.45, 7) is 2.83. The van der Waals surface area contributed by atoms with E-state index in [9.17, 15) is 5.11 Å². The van der Waals surface area contributed by atoms with E-state index in [0.29, 0.717) is 6.61 Å². The van der Waals surface area contributed by atoms with Crippen molar-refractivity contribution in [3.8, 4) is 11.1 Å². The average Bonchev–Trinajstić information content (AvgIpc) is 2.45. The quantitative estimate of drug-likeness (QED) is 0.889. The highest BCUT2D eigenvalue weighted by Crippen LogP contribution is 2.23. The van der Waals surface area contributed by atoms with E-state index in [1.165, 1.54) is 16.7 Å². The second-order valence-electron chi connectivity index (χ2n) is 4.75. The zero-order chi connectivity index (χ0) is 13.7. The van der Waals surface area contributed by atoms with Crippen LogP contribution in [0.25, 0.3) is 11.1 Å². The van der Waals surface area contributed by atoms with Crippen LogP contribution >= 0.6 is 0 Å². The maximum atomic E-state index is 9.37. The SMILES string of the molecule is COCCc1cc(-c2ccc(C)cc2)ccc1CO. The largest absolute Gasteiger partial charge is 0.392 e. The molecule has 0 aromatic heterocycles. The van der Waals surface area contributed by atoms with Gasteiger partial charge in [-0.2, -0.15) is 0 Å². The lowest BCUT2D eigenvalue weighted by Crippen LogP contribution is -2.00. The fourth-order valence-electron chi connectivity index (χ4n) is 2.15. The lowest BCUT2D eigenvalue weighted by molar-refractivity contribution is 0.201. The number of methoxy groups -OCH3 is 1. The lowest BCUT2D eigenvalue weighted by Gasteiger charge is -2.10. The van der Waals surface area contributed by atoms with Crippen LogP contribution < -0.4 is 0 Å². The number of hydrogen-bond acceptors (Lipinski definition) is 2. The Morgan fingerprint density at radius 3 is 2.26 bits per heavy atom. The van der Waals surface area contributed by atoms with Crippen molar-refractivity contribution in [3.05, 3.63) is 59.2 Å². The molecule has 2 aromatic rings. The zero-order valence-electron chi connectivity index (χ0n) is 11.5. The Bertz CT molecular complexity index is 529. The predicted molar refractivity (Wildman–Crippen MR) is 78.1 cm³/mol. The van der Waals surface area contributed by atoms with Crippen LogP contribution in [0.1, 0.15) is 16.7 Å². The minimum Gasteiger partial charge on any atom is -0.392 e. The van der Waals surface area contributed by atoms with E-state index in [2.05, 4.69) is 43.3 Å². The molecule has 0 saturated carbocycles. The monoisotopic (exact) mass is 256 g/mol. The fraction of sp³-hybridized carbons (Fsp3) is 0.294. The van der Waals surface area contributed by atoms with Gasteiger partial charge in [0.25, 0.3) is 0 Å². The van der Waals surface area contributed by atoms with E-state index >= 15 is 0 Å². The van der Waals surface area contributed by atoms with E-state index in [4.69, 9.17) is 4.74 Å². The number of rotatable bonds is 5. The van der Waals surface area contributed by atoms with E-state index < -0.39 is 0 Å². The number of benzene rings is 2. The molecule has 0 radical (unpaired) electrons. The lowest BCUT2D eigenvalue weighted by atomic mass is 9.97. The normalized spacial score (nSPS) is 10.7. The first-order chi connectivity index (χ1) is 9.24. The highest BCUT2D eigenvalue weighted by molar-refractivity contribution is 5.65. The van der Waals surface area contributed by atoms with Gasteiger partial charge in [-0.15, -0.1) is 0 Å². The highest BCUT2D eigenvalue weighted by Gasteiger charge is 2.05. The summed E-state index contributed by atoms with van der Waals surface area (Å²) in [6.07, 6.45) is 0.825. The van der Waals surface area contributed by atoms with Gasteiger partial charge in [-0.1, -0.05) is 48.0 Å². The third-order valence-electron chi connectivity index (χ3n) is 3.34. The minimum absolute atomic E-state index is 0.0766. The van der Waals surface area contributed by atoms with Crippen LogP contribution in [-0.4, -0.2) is 18.8 Å². The molecule has 0 atom stereocenters. The Balaban J connectivity index is 2.33. The van der Waals surface area contributed by atoms with Gasteiger partial charge in [0.15, 0.2) is 0 Å². The van der Waals surface area contributed by atoms with Crippen LogP contribution in [-0.2, 0) is 17.8 Å². The summed E-state index contributed by atoms with van der Waals surface area (Å²) in [4.78, 5) is 0. The molecule has 2 aromatic carbocycles. The predicted octanol–water partition coefficient (Wildman–Crippen LogP) is 3.34. The molecule has 2 rings (SSSR count). The van der Waals surface area contributed by atoms with Crippen LogP contribution in [0.3, 0.4) is 0 Å². The minimum atomic E-state index is 0.0766. The Hall–Kier alpha value is -1.64. The van der Waals surface area contributed by atoms with Gasteiger partial charge in [-0.25, -0.2) is 0 Å². The number of aliphatic hydroxyl groups excluding tert-OH is 1. The molecule has 0 aliphatic carbocycles. The number of aryl methyl sites for hydroxylation is 1. The summed E-state index contributed by atoms with van der Waals surface area (Å²) in [7, 11) is 1.70. The highest BCUT2D eigenvalue weighted by atomic mass is 16.5. The molecule has 0 amide bonds. The molecule has 19 heavy (non-hydrogen) atoms. The van der Waals surface area contributed by atoms with Gasteiger partial charge < -0.3 is 9.84 Å². The fourth-order valence-corrected chi connectivity index (χ4v) is 2.15. The van der Waals surface area contributed by atoms with Crippen LogP contribution in [0.2, 0.25) is 0 Å². The van der Waals surface area contributed by atoms with Crippen LogP contribution in [0.4, 0.5) is 0 Å². The molecule has 2 nitrogen and oxygen atoms in total. The van der Waals surface area contributed by atoms with E-state index in [0.717, 1.165) is 17.5 Å². The Morgan fingerprint density at radius 2 is 1.63 bits per heavy atom. The molecule has 0 bridgehead atoms. The number of hydrogen-bond donors (Lipinski definition) is 1. The molecule has 100 valence electrons. The van der Waals surface area contributed by atoms with Crippen molar-refractivity contribution in [2.75, 3.05) is 13.7 Å². The van der Waals surface area contributed by atoms with Crippen molar-refractivity contribution in [3.63, 3.8) is 0 Å². The van der Waals surface area contributed by atoms with Gasteiger partial charge in [0.2, 0.25) is 0 Å². The van der Waals surface area contributed by atoms with Crippen LogP contribution in [0.15, 0.2) is 42.5 Å². The van der Waals surface area contributed by atoms with Crippen molar-refractivity contribution in [1.29, 1.82) is 0 Å². The van der Waals surface area contributed by atoms with Crippen molar-refractivity contribution in [2.45, 2.75) is 20.0 Å². The molecular weight excluding hydrogens is 236 g/mol. The summed E-state index contributed by atoms with van der Waals surface area (Å²) >= 11 is 0. The Labute approximate surface area is 114 Å². The molecule has 1 N–H and O–H groups in total. The van der Waals surface area contributed by atoms with Crippen molar-refractivity contribution in [1.82, 2.24) is 0 Å². The topological polar surface area (TPSA) is 29.5 Å². The van der Waals surface area contributed by atoms with Gasteiger partial charge in [-0.05, 0) is 35.6 Å². The molecule has 0 unspecified atom stereocenters. The Kier molecular flexibility index (Phi) is 4.72. The third-order valence-corrected chi connectivity index (χ3v) is 3.34. The molecule has 0 fully saturated rings. The van der Waals surface area contributed by atoms with E-state index in [1.807, 2.05) is 6.07 Å². The molecule has 0 saturated heterocycles. The van der Waals surface area contributed by atoms with Crippen molar-refractivity contribution < 1.29 is 9.84 Å². The summed E-state index contributed by atoms with van der Waals surface area (Å²) < 4.78 is 5.12. The van der Waals surface area contributed by atoms with Gasteiger partial charge >= 0.3 is 0 Å². The van der Waals surface area contributed by atoms with Crippen molar-refractivity contribution >= 4 is 0 Å². The molecule has 2 heteroatoms. The molecule has 0 heterocycles. The van der Waals surface area contributed by atoms with Gasteiger partial charge in [0.1, 0.15) is 0 Å². The van der Waals surface area contributed by atoms with Gasteiger partial charge in [-0.3, -0.25) is 0 Å². The number of ether oxygens (including phenoxy) is 1. The second-order valence-corrected chi connectivity index (χ2v) is 4.75. The molecule has 0 aliphatic heterocycles. The van der Waals surface area contributed by atoms with Crippen molar-refractivity contribution in [2.24, 2.45) is 0 Å². The third kappa shape index (κ3) is 3.43. The smallest absolute Gasteiger partial charge is 0.0684 e. The van der Waals surface area contributed by atoms with Crippen LogP contribution in [0, 0.1) is 6.92 Å². The van der Waals surface area contributed by atoms with E-state index in [1.54, 1.807) is 7.11 Å². The Morgan fingerprint density at radius 1 is 0.947 bits per heavy atom. The van der Waals surface area contributed by atoms with E-state index in [-0.39, 0.29) is 6.61 Å². The number of aliphatic hydroxyl groups is 1. The zero-order valence-corrected chi connectivity index (χ0v) is 11.5. The second kappa shape index (κ2) is 6.50. The first-order valence-corrected chi connectivity index (χ1v) is 6.53. The molecule has 0 spiro atoms. The summed E-state index contributed by atoms with van der Waals surface area (Å²) in [5.74, 6) is 0. The summed E-state index contributed by atoms with van der Waals surface area (Å²) in [5, 5.41) is 9.37. The maximum Gasteiger partial charge on any atom is 0.0684 e. The summed E-state index contributed by atoms with van der Waals surface area (Å²) in [6, 6.07) is 14.7. The van der Waals surface area contributed by atoms with Gasteiger partial charge in [0.05, 0.1) is 13.2 Å². The van der Waals surface area contributed by atoms with Crippen LogP contribution in [0.5, 0.6) is 0 Å². The standard InChI is InChI=1S/C17H20O2/c1-13-3-5-14(6-4-13)15-7-8-17(12-18)16(11-15)9-10-19-2/h3-8,11,18H,9-10,12H2,1-2H3. The first kappa shape index (κ1) is 13.8. The van der Waals surface area contributed by atoms with Gasteiger partial charge in [0, 0.05) is 7.11 Å². The molecular formula is C17H20O2. The average molecular weight is 256 g/mol. The molecule has 0 aliphatic rings. The first-order valence-electron chi connectivity index (χ1n) is 6.53. The maximum absolute atomic E-state index is 9.37.